The second-order valence-corrected chi connectivity index (χ2v) is 4.26. The SMILES string of the molecule is BrCc1ccc(OCCc2ccccc2)cn1. The molecular weight excluding hydrogens is 278 g/mol. The van der Waals surface area contributed by atoms with Crippen molar-refractivity contribution in [1.82, 2.24) is 4.98 Å². The molecule has 0 N–H and O–H groups in total. The monoisotopic (exact) mass is 291 g/mol. The number of alkyl halides is 1. The normalized spacial score (nSPS) is 10.2. The van der Waals surface area contributed by atoms with Crippen LogP contribution in [0.3, 0.4) is 0 Å². The molecule has 0 fully saturated rings. The molecule has 2 aromatic rings. The number of benzene rings is 1. The van der Waals surface area contributed by atoms with Gasteiger partial charge in [0.1, 0.15) is 5.75 Å². The fourth-order valence-corrected chi connectivity index (χ4v) is 1.84. The van der Waals surface area contributed by atoms with Gasteiger partial charge in [0.2, 0.25) is 0 Å². The predicted molar refractivity (Wildman–Crippen MR) is 72.5 cm³/mol. The first kappa shape index (κ1) is 12.1. The minimum Gasteiger partial charge on any atom is -0.492 e. The summed E-state index contributed by atoms with van der Waals surface area (Å²) in [6.45, 7) is 0.680. The third kappa shape index (κ3) is 3.86. The molecule has 0 spiro atoms. The van der Waals surface area contributed by atoms with E-state index in [1.54, 1.807) is 6.20 Å². The molecule has 0 aliphatic carbocycles. The van der Waals surface area contributed by atoms with Crippen LogP contribution >= 0.6 is 15.9 Å². The molecule has 0 amide bonds. The number of ether oxygens (including phenoxy) is 1. The summed E-state index contributed by atoms with van der Waals surface area (Å²) in [6, 6.07) is 14.2. The summed E-state index contributed by atoms with van der Waals surface area (Å²) in [5.41, 5.74) is 2.30. The Morgan fingerprint density at radius 3 is 2.53 bits per heavy atom. The van der Waals surface area contributed by atoms with Crippen LogP contribution in [-0.2, 0) is 11.8 Å². The van der Waals surface area contributed by atoms with E-state index in [1.165, 1.54) is 5.56 Å². The number of rotatable bonds is 5. The molecule has 3 heteroatoms. The van der Waals surface area contributed by atoms with Gasteiger partial charge < -0.3 is 4.74 Å². The third-order valence-corrected chi connectivity index (χ3v) is 3.01. The highest BCUT2D eigenvalue weighted by molar-refractivity contribution is 9.08. The Hall–Kier alpha value is -1.35. The highest BCUT2D eigenvalue weighted by Gasteiger charge is 1.96. The Bertz CT molecular complexity index is 442. The molecule has 0 radical (unpaired) electrons. The van der Waals surface area contributed by atoms with E-state index in [2.05, 4.69) is 33.0 Å². The predicted octanol–water partition coefficient (Wildman–Crippen LogP) is 3.60. The minimum absolute atomic E-state index is 0.680. The average molecular weight is 292 g/mol. The van der Waals surface area contributed by atoms with E-state index in [9.17, 15) is 0 Å². The molecule has 0 unspecified atom stereocenters. The lowest BCUT2D eigenvalue weighted by Gasteiger charge is -2.06. The van der Waals surface area contributed by atoms with Crippen LogP contribution in [-0.4, -0.2) is 11.6 Å². The largest absolute Gasteiger partial charge is 0.492 e. The Morgan fingerprint density at radius 1 is 1.06 bits per heavy atom. The lowest BCUT2D eigenvalue weighted by Crippen LogP contribution is -2.01. The lowest BCUT2D eigenvalue weighted by molar-refractivity contribution is 0.320. The molecule has 2 nitrogen and oxygen atoms in total. The molecule has 0 aliphatic rings. The van der Waals surface area contributed by atoms with Crippen molar-refractivity contribution in [3.8, 4) is 5.75 Å². The average Bonchev–Trinajstić information content (AvgIpc) is 2.41. The minimum atomic E-state index is 0.680. The number of hydrogen-bond donors (Lipinski definition) is 0. The van der Waals surface area contributed by atoms with E-state index in [4.69, 9.17) is 4.74 Å². The van der Waals surface area contributed by atoms with Crippen molar-refractivity contribution in [1.29, 1.82) is 0 Å². The van der Waals surface area contributed by atoms with Crippen molar-refractivity contribution < 1.29 is 4.74 Å². The summed E-state index contributed by atoms with van der Waals surface area (Å²) in [6.07, 6.45) is 2.68. The number of nitrogens with zero attached hydrogens (tertiary/aromatic N) is 1. The molecule has 0 atom stereocenters. The molecule has 1 aromatic heterocycles. The van der Waals surface area contributed by atoms with E-state index in [1.807, 2.05) is 30.3 Å². The number of aromatic nitrogens is 1. The van der Waals surface area contributed by atoms with E-state index in [-0.39, 0.29) is 0 Å². The smallest absolute Gasteiger partial charge is 0.137 e. The molecule has 1 aromatic carbocycles. The van der Waals surface area contributed by atoms with Crippen molar-refractivity contribution in [3.63, 3.8) is 0 Å². The van der Waals surface area contributed by atoms with Crippen molar-refractivity contribution >= 4 is 15.9 Å². The second-order valence-electron chi connectivity index (χ2n) is 3.70. The zero-order valence-corrected chi connectivity index (χ0v) is 11.1. The summed E-state index contributed by atoms with van der Waals surface area (Å²) in [5, 5.41) is 0.775. The molecule has 0 saturated carbocycles. The number of hydrogen-bond acceptors (Lipinski definition) is 2. The highest BCUT2D eigenvalue weighted by atomic mass is 79.9. The van der Waals surface area contributed by atoms with Gasteiger partial charge in [-0.25, -0.2) is 0 Å². The first-order chi connectivity index (χ1) is 8.38. The van der Waals surface area contributed by atoms with Crippen LogP contribution < -0.4 is 4.74 Å². The molecule has 2 rings (SSSR count). The Morgan fingerprint density at radius 2 is 1.88 bits per heavy atom. The zero-order valence-electron chi connectivity index (χ0n) is 9.47. The topological polar surface area (TPSA) is 22.1 Å². The van der Waals surface area contributed by atoms with Crippen molar-refractivity contribution in [2.75, 3.05) is 6.61 Å². The summed E-state index contributed by atoms with van der Waals surface area (Å²) >= 11 is 3.36. The van der Waals surface area contributed by atoms with Crippen LogP contribution in [0.5, 0.6) is 5.75 Å². The summed E-state index contributed by atoms with van der Waals surface area (Å²) in [4.78, 5) is 4.25. The van der Waals surface area contributed by atoms with Crippen LogP contribution in [0.25, 0.3) is 0 Å². The van der Waals surface area contributed by atoms with Crippen LogP contribution in [0.1, 0.15) is 11.3 Å². The fourth-order valence-electron chi connectivity index (χ4n) is 1.51. The van der Waals surface area contributed by atoms with Crippen molar-refractivity contribution in [3.05, 3.63) is 59.9 Å². The number of halogens is 1. The maximum Gasteiger partial charge on any atom is 0.137 e. The standard InChI is InChI=1S/C14H14BrNO/c15-10-13-6-7-14(11-16-13)17-9-8-12-4-2-1-3-5-12/h1-7,11H,8-10H2. The first-order valence-corrected chi connectivity index (χ1v) is 6.68. The Kier molecular flexibility index (Phi) is 4.56. The second kappa shape index (κ2) is 6.40. The molecule has 0 bridgehead atoms. The van der Waals surface area contributed by atoms with E-state index >= 15 is 0 Å². The van der Waals surface area contributed by atoms with Gasteiger partial charge in [0, 0.05) is 11.8 Å². The van der Waals surface area contributed by atoms with Gasteiger partial charge >= 0.3 is 0 Å². The quantitative estimate of drug-likeness (QED) is 0.786. The fraction of sp³-hybridized carbons (Fsp3) is 0.214. The van der Waals surface area contributed by atoms with Crippen LogP contribution in [0, 0.1) is 0 Å². The van der Waals surface area contributed by atoms with E-state index in [0.29, 0.717) is 6.61 Å². The van der Waals surface area contributed by atoms with Crippen LogP contribution in [0.2, 0.25) is 0 Å². The maximum absolute atomic E-state index is 5.63. The molecule has 0 saturated heterocycles. The van der Waals surface area contributed by atoms with Gasteiger partial charge in [-0.2, -0.15) is 0 Å². The molecule has 1 heterocycles. The van der Waals surface area contributed by atoms with Gasteiger partial charge in [-0.3, -0.25) is 4.98 Å². The maximum atomic E-state index is 5.63. The lowest BCUT2D eigenvalue weighted by atomic mass is 10.2. The zero-order chi connectivity index (χ0) is 11.9. The number of pyridine rings is 1. The van der Waals surface area contributed by atoms with Gasteiger partial charge in [0.05, 0.1) is 18.5 Å². The first-order valence-electron chi connectivity index (χ1n) is 5.56. The Balaban J connectivity index is 1.82. The van der Waals surface area contributed by atoms with Crippen LogP contribution in [0.15, 0.2) is 48.7 Å². The molecular formula is C14H14BrNO. The van der Waals surface area contributed by atoms with Gasteiger partial charge in [-0.05, 0) is 17.7 Å². The van der Waals surface area contributed by atoms with Crippen molar-refractivity contribution in [2.24, 2.45) is 0 Å². The highest BCUT2D eigenvalue weighted by Crippen LogP contribution is 2.11. The summed E-state index contributed by atoms with van der Waals surface area (Å²) < 4.78 is 5.63. The van der Waals surface area contributed by atoms with E-state index in [0.717, 1.165) is 23.2 Å². The Labute approximate surface area is 110 Å². The van der Waals surface area contributed by atoms with Gasteiger partial charge in [0.25, 0.3) is 0 Å². The van der Waals surface area contributed by atoms with Gasteiger partial charge in [-0.1, -0.05) is 46.3 Å². The van der Waals surface area contributed by atoms with Gasteiger partial charge in [0.15, 0.2) is 0 Å². The molecule has 0 aliphatic heterocycles. The third-order valence-electron chi connectivity index (χ3n) is 2.44. The summed E-state index contributed by atoms with van der Waals surface area (Å²) in [7, 11) is 0. The van der Waals surface area contributed by atoms with Gasteiger partial charge in [-0.15, -0.1) is 0 Å². The summed E-state index contributed by atoms with van der Waals surface area (Å²) in [5.74, 6) is 0.825. The molecule has 17 heavy (non-hydrogen) atoms. The van der Waals surface area contributed by atoms with E-state index < -0.39 is 0 Å². The molecule has 88 valence electrons. The van der Waals surface area contributed by atoms with Crippen LogP contribution in [0.4, 0.5) is 0 Å². The van der Waals surface area contributed by atoms with Crippen molar-refractivity contribution in [2.45, 2.75) is 11.8 Å².